The number of carbonyl (C=O) groups excluding carboxylic acids is 1. The molecule has 0 heterocycles. The smallest absolute Gasteiger partial charge is 0.319 e. The number of nitrogens with one attached hydrogen (secondary N) is 1. The Balaban J connectivity index is 0.00000338. The number of benzene rings is 2. The van der Waals surface area contributed by atoms with Crippen LogP contribution in [0.3, 0.4) is 0 Å². The molecule has 0 aliphatic rings. The maximum Gasteiger partial charge on any atom is 0.319 e. The van der Waals surface area contributed by atoms with Crippen molar-refractivity contribution in [3.05, 3.63) is 59.4 Å². The Labute approximate surface area is 158 Å². The van der Waals surface area contributed by atoms with Gasteiger partial charge in [0.05, 0.1) is 20.8 Å². The fraction of sp³-hybridized carbons (Fsp3) is 0.316. The van der Waals surface area contributed by atoms with E-state index in [4.69, 9.17) is 9.47 Å². The summed E-state index contributed by atoms with van der Waals surface area (Å²) in [6.07, 6.45) is 0.734. The average Bonchev–Trinajstić information content (AvgIpc) is 2.63. The van der Waals surface area contributed by atoms with E-state index in [0.29, 0.717) is 18.0 Å². The summed E-state index contributed by atoms with van der Waals surface area (Å²) in [6, 6.07) is 11.9. The van der Waals surface area contributed by atoms with Gasteiger partial charge in [-0.3, -0.25) is 4.79 Å². The third-order valence-corrected chi connectivity index (χ3v) is 3.60. The zero-order chi connectivity index (χ0) is 18.1. The lowest BCUT2D eigenvalue weighted by Gasteiger charge is -2.12. The molecule has 142 valence electrons. The van der Waals surface area contributed by atoms with Gasteiger partial charge in [-0.15, -0.1) is 12.4 Å². The molecule has 0 aliphatic carbocycles. The van der Waals surface area contributed by atoms with E-state index in [0.717, 1.165) is 17.5 Å². The van der Waals surface area contributed by atoms with Crippen molar-refractivity contribution < 1.29 is 23.4 Å². The highest BCUT2D eigenvalue weighted by Crippen LogP contribution is 2.29. The zero-order valence-corrected chi connectivity index (χ0v) is 15.6. The van der Waals surface area contributed by atoms with E-state index in [1.54, 1.807) is 19.2 Å². The summed E-state index contributed by atoms with van der Waals surface area (Å²) in [6.45, 7) is 1.08. The highest BCUT2D eigenvalue weighted by atomic mass is 35.5. The molecule has 0 saturated heterocycles. The van der Waals surface area contributed by atoms with Crippen LogP contribution in [0.4, 0.5) is 4.39 Å². The van der Waals surface area contributed by atoms with Gasteiger partial charge in [0.1, 0.15) is 12.4 Å². The Morgan fingerprint density at radius 3 is 2.58 bits per heavy atom. The molecule has 1 N–H and O–H groups in total. The highest BCUT2D eigenvalue weighted by molar-refractivity contribution is 5.85. The normalized spacial score (nSPS) is 9.96. The summed E-state index contributed by atoms with van der Waals surface area (Å²) in [5, 5.41) is 3.01. The fourth-order valence-electron chi connectivity index (χ4n) is 2.27. The molecular formula is C19H23ClFNO4. The van der Waals surface area contributed by atoms with Gasteiger partial charge in [-0.1, -0.05) is 18.2 Å². The molecule has 26 heavy (non-hydrogen) atoms. The Kier molecular flexibility index (Phi) is 9.47. The Bertz CT molecular complexity index is 712. The lowest BCUT2D eigenvalue weighted by atomic mass is 10.1. The number of hydrogen-bond acceptors (Lipinski definition) is 5. The fourth-order valence-corrected chi connectivity index (χ4v) is 2.27. The molecule has 0 saturated carbocycles. The van der Waals surface area contributed by atoms with Gasteiger partial charge in [-0.25, -0.2) is 4.39 Å². The van der Waals surface area contributed by atoms with Crippen molar-refractivity contribution in [3.63, 3.8) is 0 Å². The molecule has 0 aromatic heterocycles. The molecule has 2 aromatic carbocycles. The Morgan fingerprint density at radius 2 is 1.88 bits per heavy atom. The maximum atomic E-state index is 13.2. The number of hydrogen-bond donors (Lipinski definition) is 1. The van der Waals surface area contributed by atoms with E-state index in [1.807, 2.05) is 18.2 Å². The molecule has 0 radical (unpaired) electrons. The minimum Gasteiger partial charge on any atom is -0.493 e. The van der Waals surface area contributed by atoms with Crippen molar-refractivity contribution in [2.24, 2.45) is 0 Å². The lowest BCUT2D eigenvalue weighted by molar-refractivity contribution is -0.139. The van der Waals surface area contributed by atoms with Crippen LogP contribution in [0.25, 0.3) is 0 Å². The predicted molar refractivity (Wildman–Crippen MR) is 99.6 cm³/mol. The third-order valence-electron chi connectivity index (χ3n) is 3.60. The van der Waals surface area contributed by atoms with Crippen LogP contribution in [0.15, 0.2) is 42.5 Å². The van der Waals surface area contributed by atoms with Crippen LogP contribution >= 0.6 is 12.4 Å². The number of rotatable bonds is 9. The van der Waals surface area contributed by atoms with Crippen molar-refractivity contribution in [2.45, 2.75) is 13.0 Å². The first-order chi connectivity index (χ1) is 12.1. The largest absolute Gasteiger partial charge is 0.493 e. The van der Waals surface area contributed by atoms with Crippen LogP contribution < -0.4 is 14.8 Å². The molecule has 0 unspecified atom stereocenters. The van der Waals surface area contributed by atoms with Crippen LogP contribution in [0.5, 0.6) is 11.5 Å². The predicted octanol–water partition coefficient (Wildman–Crippen LogP) is 3.14. The molecule has 0 amide bonds. The molecule has 0 bridgehead atoms. The molecule has 7 heteroatoms. The summed E-state index contributed by atoms with van der Waals surface area (Å²) in [7, 11) is 2.93. The van der Waals surface area contributed by atoms with E-state index < -0.39 is 0 Å². The first-order valence-electron chi connectivity index (χ1n) is 7.94. The standard InChI is InChI=1S/C19H22FNO4.ClH/c1-23-18-11-14(8-9-21-12-19(22)24-2)6-7-17(18)25-13-15-4-3-5-16(20)10-15;/h3-7,10-11,21H,8-9,12-13H2,1-2H3;1H. The first-order valence-corrected chi connectivity index (χ1v) is 7.94. The van der Waals surface area contributed by atoms with E-state index in [9.17, 15) is 9.18 Å². The number of methoxy groups -OCH3 is 2. The number of ether oxygens (including phenoxy) is 3. The summed E-state index contributed by atoms with van der Waals surface area (Å²) in [5.74, 6) is 0.626. The van der Waals surface area contributed by atoms with Gasteiger partial charge in [0.2, 0.25) is 0 Å². The van der Waals surface area contributed by atoms with Crippen molar-refractivity contribution >= 4 is 18.4 Å². The highest BCUT2D eigenvalue weighted by Gasteiger charge is 2.07. The number of carbonyl (C=O) groups is 1. The lowest BCUT2D eigenvalue weighted by Crippen LogP contribution is -2.25. The molecule has 0 atom stereocenters. The summed E-state index contributed by atoms with van der Waals surface area (Å²) in [5.41, 5.74) is 1.80. The van der Waals surface area contributed by atoms with Gasteiger partial charge >= 0.3 is 5.97 Å². The van der Waals surface area contributed by atoms with Gasteiger partial charge in [-0.05, 0) is 48.4 Å². The van der Waals surface area contributed by atoms with E-state index in [2.05, 4.69) is 10.1 Å². The second kappa shape index (κ2) is 11.3. The maximum absolute atomic E-state index is 13.2. The average molecular weight is 384 g/mol. The van der Waals surface area contributed by atoms with Crippen LogP contribution in [0.2, 0.25) is 0 Å². The monoisotopic (exact) mass is 383 g/mol. The molecule has 0 fully saturated rings. The minimum absolute atomic E-state index is 0. The van der Waals surface area contributed by atoms with Crippen molar-refractivity contribution in [2.75, 3.05) is 27.3 Å². The quantitative estimate of drug-likeness (QED) is 0.532. The number of esters is 1. The Hall–Kier alpha value is -2.31. The topological polar surface area (TPSA) is 56.8 Å². The van der Waals surface area contributed by atoms with Crippen molar-refractivity contribution in [1.29, 1.82) is 0 Å². The van der Waals surface area contributed by atoms with Gasteiger partial charge in [-0.2, -0.15) is 0 Å². The first kappa shape index (κ1) is 21.7. The minimum atomic E-state index is -0.293. The van der Waals surface area contributed by atoms with E-state index in [-0.39, 0.29) is 37.3 Å². The third kappa shape index (κ3) is 6.90. The molecule has 0 spiro atoms. The van der Waals surface area contributed by atoms with Crippen LogP contribution in [0.1, 0.15) is 11.1 Å². The van der Waals surface area contributed by atoms with E-state index in [1.165, 1.54) is 19.2 Å². The molecule has 2 aromatic rings. The van der Waals surface area contributed by atoms with Crippen LogP contribution in [0, 0.1) is 5.82 Å². The second-order valence-corrected chi connectivity index (χ2v) is 5.41. The van der Waals surface area contributed by atoms with Crippen LogP contribution in [-0.2, 0) is 22.6 Å². The Morgan fingerprint density at radius 1 is 1.08 bits per heavy atom. The SMILES string of the molecule is COC(=O)CNCCc1ccc(OCc2cccc(F)c2)c(OC)c1.Cl. The summed E-state index contributed by atoms with van der Waals surface area (Å²) < 4.78 is 28.9. The summed E-state index contributed by atoms with van der Waals surface area (Å²) >= 11 is 0. The van der Waals surface area contributed by atoms with Gasteiger partial charge in [0, 0.05) is 0 Å². The van der Waals surface area contributed by atoms with Gasteiger partial charge < -0.3 is 19.5 Å². The second-order valence-electron chi connectivity index (χ2n) is 5.41. The molecule has 0 aliphatic heterocycles. The van der Waals surface area contributed by atoms with Crippen molar-refractivity contribution in [1.82, 2.24) is 5.32 Å². The zero-order valence-electron chi connectivity index (χ0n) is 14.8. The molecule has 5 nitrogen and oxygen atoms in total. The summed E-state index contributed by atoms with van der Waals surface area (Å²) in [4.78, 5) is 11.0. The van der Waals surface area contributed by atoms with Crippen molar-refractivity contribution in [3.8, 4) is 11.5 Å². The molecule has 2 rings (SSSR count). The molecular weight excluding hydrogens is 361 g/mol. The van der Waals surface area contributed by atoms with Gasteiger partial charge in [0.25, 0.3) is 0 Å². The van der Waals surface area contributed by atoms with Gasteiger partial charge in [0.15, 0.2) is 11.5 Å². The number of halogens is 2. The van der Waals surface area contributed by atoms with E-state index >= 15 is 0 Å². The van der Waals surface area contributed by atoms with Crippen LogP contribution in [-0.4, -0.2) is 33.3 Å².